The number of aromatic nitrogens is 1. The molecule has 1 saturated heterocycles. The van der Waals surface area contributed by atoms with E-state index in [0.29, 0.717) is 6.04 Å². The van der Waals surface area contributed by atoms with Gasteiger partial charge in [0.1, 0.15) is 6.26 Å². The van der Waals surface area contributed by atoms with Gasteiger partial charge in [-0.15, -0.1) is 0 Å². The lowest BCUT2D eigenvalue weighted by molar-refractivity contribution is 0.393. The van der Waals surface area contributed by atoms with Crippen molar-refractivity contribution in [3.8, 4) is 0 Å². The fourth-order valence-corrected chi connectivity index (χ4v) is 2.73. The van der Waals surface area contributed by atoms with E-state index in [1.54, 1.807) is 6.26 Å². The zero-order valence-electron chi connectivity index (χ0n) is 11.9. The van der Waals surface area contributed by atoms with Gasteiger partial charge in [-0.2, -0.15) is 4.98 Å². The Kier molecular flexibility index (Phi) is 3.75. The number of anilines is 1. The molecule has 19 heavy (non-hydrogen) atoms. The lowest BCUT2D eigenvalue weighted by Gasteiger charge is -2.19. The van der Waals surface area contributed by atoms with E-state index in [1.165, 1.54) is 32.4 Å². The van der Waals surface area contributed by atoms with Crippen molar-refractivity contribution in [3.05, 3.63) is 12.0 Å². The van der Waals surface area contributed by atoms with Crippen molar-refractivity contribution in [1.29, 1.82) is 0 Å². The molecule has 2 aliphatic rings. The summed E-state index contributed by atoms with van der Waals surface area (Å²) in [6.45, 7) is 4.25. The highest BCUT2D eigenvalue weighted by Gasteiger charge is 2.23. The summed E-state index contributed by atoms with van der Waals surface area (Å²) in [5, 5.41) is 3.46. The number of likely N-dealkylation sites (tertiary alicyclic amines) is 1. The lowest BCUT2D eigenvalue weighted by atomic mass is 10.1. The first kappa shape index (κ1) is 12.9. The molecule has 2 fully saturated rings. The molecule has 5 heteroatoms. The van der Waals surface area contributed by atoms with Crippen LogP contribution in [0.5, 0.6) is 0 Å². The molecule has 2 heterocycles. The molecule has 3 rings (SSSR count). The maximum Gasteiger partial charge on any atom is 0.297 e. The van der Waals surface area contributed by atoms with Crippen molar-refractivity contribution in [1.82, 2.24) is 15.2 Å². The minimum atomic E-state index is 0.715. The van der Waals surface area contributed by atoms with Crippen LogP contribution < -0.4 is 10.2 Å². The fourth-order valence-electron chi connectivity index (χ4n) is 2.73. The summed E-state index contributed by atoms with van der Waals surface area (Å²) in [6, 6.07) is 1.47. The Labute approximate surface area is 115 Å². The summed E-state index contributed by atoms with van der Waals surface area (Å²) >= 11 is 0. The zero-order chi connectivity index (χ0) is 13.2. The molecule has 5 nitrogen and oxygen atoms in total. The predicted molar refractivity (Wildman–Crippen MR) is 75.2 cm³/mol. The molecule has 0 aromatic carbocycles. The minimum absolute atomic E-state index is 0.715. The smallest absolute Gasteiger partial charge is 0.297 e. The predicted octanol–water partition coefficient (Wildman–Crippen LogP) is 1.31. The van der Waals surface area contributed by atoms with Crippen LogP contribution >= 0.6 is 0 Å². The van der Waals surface area contributed by atoms with Crippen molar-refractivity contribution >= 4 is 6.01 Å². The second-order valence-corrected chi connectivity index (χ2v) is 6.07. The molecule has 1 saturated carbocycles. The van der Waals surface area contributed by atoms with Crippen LogP contribution in [0.15, 0.2) is 10.7 Å². The fraction of sp³-hybridized carbons (Fsp3) is 0.786. The Morgan fingerprint density at radius 2 is 2.32 bits per heavy atom. The van der Waals surface area contributed by atoms with Crippen LogP contribution in [-0.2, 0) is 6.54 Å². The lowest BCUT2D eigenvalue weighted by Crippen LogP contribution is -2.27. The van der Waals surface area contributed by atoms with Crippen LogP contribution in [0.2, 0.25) is 0 Å². The molecule has 1 aromatic heterocycles. The second-order valence-electron chi connectivity index (χ2n) is 6.07. The Balaban J connectivity index is 1.49. The number of hydrogen-bond donors (Lipinski definition) is 1. The molecule has 106 valence electrons. The molecule has 1 unspecified atom stereocenters. The third-order valence-electron chi connectivity index (χ3n) is 4.04. The molecule has 0 radical (unpaired) electrons. The summed E-state index contributed by atoms with van der Waals surface area (Å²) < 4.78 is 5.58. The maximum absolute atomic E-state index is 5.58. The van der Waals surface area contributed by atoms with Gasteiger partial charge < -0.3 is 19.5 Å². The van der Waals surface area contributed by atoms with Crippen LogP contribution in [0.1, 0.15) is 25.0 Å². The van der Waals surface area contributed by atoms with Crippen molar-refractivity contribution < 1.29 is 4.42 Å². The SMILES string of the molecule is CN1CCC(CN(C)c2nc(CNC3CC3)co2)C1. The number of nitrogens with one attached hydrogen (secondary N) is 1. The van der Waals surface area contributed by atoms with Crippen LogP contribution in [0.25, 0.3) is 0 Å². The first-order valence-electron chi connectivity index (χ1n) is 7.28. The van der Waals surface area contributed by atoms with Crippen LogP contribution in [0, 0.1) is 5.92 Å². The maximum atomic E-state index is 5.58. The first-order valence-corrected chi connectivity index (χ1v) is 7.28. The van der Waals surface area contributed by atoms with Crippen molar-refractivity contribution in [3.63, 3.8) is 0 Å². The molecule has 1 aliphatic heterocycles. The van der Waals surface area contributed by atoms with Crippen molar-refractivity contribution in [2.24, 2.45) is 5.92 Å². The van der Waals surface area contributed by atoms with Crippen LogP contribution in [0.4, 0.5) is 6.01 Å². The molecule has 0 amide bonds. The number of nitrogens with zero attached hydrogens (tertiary/aromatic N) is 3. The monoisotopic (exact) mass is 264 g/mol. The quantitative estimate of drug-likeness (QED) is 0.839. The van der Waals surface area contributed by atoms with Crippen molar-refractivity contribution in [2.45, 2.75) is 31.8 Å². The van der Waals surface area contributed by atoms with E-state index in [9.17, 15) is 0 Å². The van der Waals surface area contributed by atoms with Gasteiger partial charge in [0.25, 0.3) is 6.01 Å². The molecular formula is C14H24N4O. The van der Waals surface area contributed by atoms with Gasteiger partial charge in [0.2, 0.25) is 0 Å². The standard InChI is InChI=1S/C14H24N4O/c1-17-6-5-11(8-17)9-18(2)14-16-13(10-19-14)7-15-12-3-4-12/h10-12,15H,3-9H2,1-2H3. The van der Waals surface area contributed by atoms with E-state index in [1.807, 2.05) is 0 Å². The van der Waals surface area contributed by atoms with Gasteiger partial charge in [0, 0.05) is 32.7 Å². The number of hydrogen-bond acceptors (Lipinski definition) is 5. The zero-order valence-corrected chi connectivity index (χ0v) is 11.9. The number of rotatable bonds is 6. The highest BCUT2D eigenvalue weighted by molar-refractivity contribution is 5.25. The third-order valence-corrected chi connectivity index (χ3v) is 4.04. The molecular weight excluding hydrogens is 240 g/mol. The minimum Gasteiger partial charge on any atom is -0.432 e. The molecule has 1 aromatic rings. The summed E-state index contributed by atoms with van der Waals surface area (Å²) in [7, 11) is 4.26. The summed E-state index contributed by atoms with van der Waals surface area (Å²) in [5.74, 6) is 0.731. The summed E-state index contributed by atoms with van der Waals surface area (Å²) in [4.78, 5) is 9.09. The molecule has 0 spiro atoms. The second kappa shape index (κ2) is 5.51. The molecule has 1 atom stereocenters. The summed E-state index contributed by atoms with van der Waals surface area (Å²) in [5.41, 5.74) is 1.01. The van der Waals surface area contributed by atoms with Crippen LogP contribution in [-0.4, -0.2) is 49.7 Å². The Hall–Kier alpha value is -1.07. The topological polar surface area (TPSA) is 44.5 Å². The van der Waals surface area contributed by atoms with E-state index in [-0.39, 0.29) is 0 Å². The van der Waals surface area contributed by atoms with Gasteiger partial charge in [0.05, 0.1) is 5.69 Å². The first-order chi connectivity index (χ1) is 9.20. The highest BCUT2D eigenvalue weighted by atomic mass is 16.4. The molecule has 0 bridgehead atoms. The Morgan fingerprint density at radius 3 is 3.00 bits per heavy atom. The average Bonchev–Trinajstić information content (AvgIpc) is 2.94. The van der Waals surface area contributed by atoms with Gasteiger partial charge >= 0.3 is 0 Å². The van der Waals surface area contributed by atoms with Crippen molar-refractivity contribution in [2.75, 3.05) is 38.6 Å². The number of oxazole rings is 1. The molecule has 1 aliphatic carbocycles. The highest BCUT2D eigenvalue weighted by Crippen LogP contribution is 2.21. The van der Waals surface area contributed by atoms with Gasteiger partial charge in [-0.05, 0) is 38.8 Å². The largest absolute Gasteiger partial charge is 0.432 e. The van der Waals surface area contributed by atoms with E-state index >= 15 is 0 Å². The van der Waals surface area contributed by atoms with E-state index in [2.05, 4.69) is 34.2 Å². The third kappa shape index (κ3) is 3.48. The average molecular weight is 264 g/mol. The normalized spacial score (nSPS) is 24.0. The Bertz CT molecular complexity index is 415. The molecule has 1 N–H and O–H groups in total. The van der Waals surface area contributed by atoms with Gasteiger partial charge in [-0.1, -0.05) is 0 Å². The van der Waals surface area contributed by atoms with E-state index in [4.69, 9.17) is 4.42 Å². The van der Waals surface area contributed by atoms with E-state index in [0.717, 1.165) is 30.7 Å². The summed E-state index contributed by atoms with van der Waals surface area (Å²) in [6.07, 6.45) is 5.67. The van der Waals surface area contributed by atoms with E-state index < -0.39 is 0 Å². The van der Waals surface area contributed by atoms with Gasteiger partial charge in [-0.25, -0.2) is 0 Å². The van der Waals surface area contributed by atoms with Crippen LogP contribution in [0.3, 0.4) is 0 Å². The van der Waals surface area contributed by atoms with Gasteiger partial charge in [0.15, 0.2) is 0 Å². The van der Waals surface area contributed by atoms with Gasteiger partial charge in [-0.3, -0.25) is 0 Å². The Morgan fingerprint density at radius 1 is 1.47 bits per heavy atom.